The van der Waals surface area contributed by atoms with Crippen molar-refractivity contribution in [2.75, 3.05) is 26.2 Å². The number of aromatic nitrogens is 2. The predicted molar refractivity (Wildman–Crippen MR) is 75.0 cm³/mol. The Hall–Kier alpha value is -1.36. The molecule has 2 heterocycles. The highest BCUT2D eigenvalue weighted by molar-refractivity contribution is 5.92. The van der Waals surface area contributed by atoms with Gasteiger partial charge in [-0.1, -0.05) is 6.92 Å². The van der Waals surface area contributed by atoms with E-state index in [9.17, 15) is 4.79 Å². The van der Waals surface area contributed by atoms with Crippen molar-refractivity contribution in [3.63, 3.8) is 0 Å². The first-order valence-corrected chi connectivity index (χ1v) is 7.18. The van der Waals surface area contributed by atoms with Crippen molar-refractivity contribution in [3.05, 3.63) is 18.2 Å². The van der Waals surface area contributed by atoms with Crippen LogP contribution in [-0.4, -0.2) is 46.5 Å². The quantitative estimate of drug-likeness (QED) is 0.871. The number of amides is 1. The smallest absolute Gasteiger partial charge is 0.274 e. The lowest BCUT2D eigenvalue weighted by molar-refractivity contribution is 0.0711. The Labute approximate surface area is 115 Å². The molecule has 106 valence electrons. The highest BCUT2D eigenvalue weighted by Gasteiger charge is 2.22. The molecule has 0 bridgehead atoms. The zero-order chi connectivity index (χ0) is 13.7. The third kappa shape index (κ3) is 3.80. The fraction of sp³-hybridized carbons (Fsp3) is 0.714. The standard InChI is InChI=1S/C14H24N4O/c1-3-8-18(9-12-4-6-15-7-5-12)14(19)13-10-17(2)11-16-13/h10-12,15H,3-9H2,1-2H3. The van der Waals surface area contributed by atoms with Crippen LogP contribution in [0, 0.1) is 5.92 Å². The van der Waals surface area contributed by atoms with Crippen LogP contribution in [0.5, 0.6) is 0 Å². The normalized spacial score (nSPS) is 16.5. The van der Waals surface area contributed by atoms with E-state index < -0.39 is 0 Å². The van der Waals surface area contributed by atoms with Gasteiger partial charge < -0.3 is 14.8 Å². The maximum Gasteiger partial charge on any atom is 0.274 e. The van der Waals surface area contributed by atoms with Crippen molar-refractivity contribution in [1.29, 1.82) is 0 Å². The minimum Gasteiger partial charge on any atom is -0.340 e. The summed E-state index contributed by atoms with van der Waals surface area (Å²) >= 11 is 0. The number of piperidine rings is 1. The van der Waals surface area contributed by atoms with E-state index in [0.717, 1.165) is 45.4 Å². The summed E-state index contributed by atoms with van der Waals surface area (Å²) in [5, 5.41) is 3.37. The van der Waals surface area contributed by atoms with Gasteiger partial charge in [0.25, 0.3) is 5.91 Å². The summed E-state index contributed by atoms with van der Waals surface area (Å²) in [5.74, 6) is 0.696. The first-order chi connectivity index (χ1) is 9.20. The summed E-state index contributed by atoms with van der Waals surface area (Å²) in [6, 6.07) is 0. The van der Waals surface area contributed by atoms with Gasteiger partial charge in [0.1, 0.15) is 5.69 Å². The number of hydrogen-bond donors (Lipinski definition) is 1. The Balaban J connectivity index is 1.99. The van der Waals surface area contributed by atoms with Gasteiger partial charge in [-0.25, -0.2) is 4.98 Å². The first-order valence-electron chi connectivity index (χ1n) is 7.18. The monoisotopic (exact) mass is 264 g/mol. The van der Waals surface area contributed by atoms with Crippen LogP contribution < -0.4 is 5.32 Å². The zero-order valence-corrected chi connectivity index (χ0v) is 11.9. The van der Waals surface area contributed by atoms with Crippen LogP contribution in [0.4, 0.5) is 0 Å². The third-order valence-electron chi connectivity index (χ3n) is 3.64. The number of aryl methyl sites for hydroxylation is 1. The van der Waals surface area contributed by atoms with E-state index in [4.69, 9.17) is 0 Å². The molecule has 0 aromatic carbocycles. The van der Waals surface area contributed by atoms with Gasteiger partial charge in [-0.15, -0.1) is 0 Å². The van der Waals surface area contributed by atoms with Gasteiger partial charge in [0.2, 0.25) is 0 Å². The Morgan fingerprint density at radius 3 is 2.84 bits per heavy atom. The number of carbonyl (C=O) groups is 1. The molecule has 1 aliphatic heterocycles. The van der Waals surface area contributed by atoms with E-state index in [1.54, 1.807) is 12.5 Å². The average molecular weight is 264 g/mol. The van der Waals surface area contributed by atoms with Crippen LogP contribution in [0.2, 0.25) is 0 Å². The summed E-state index contributed by atoms with van der Waals surface area (Å²) in [5.41, 5.74) is 0.560. The molecule has 5 heteroatoms. The molecular formula is C14H24N4O. The Bertz CT molecular complexity index is 409. The molecule has 1 amide bonds. The Morgan fingerprint density at radius 2 is 2.26 bits per heavy atom. The highest BCUT2D eigenvalue weighted by atomic mass is 16.2. The van der Waals surface area contributed by atoms with Gasteiger partial charge in [-0.2, -0.15) is 0 Å². The molecule has 1 N–H and O–H groups in total. The molecule has 1 saturated heterocycles. The molecule has 1 aromatic heterocycles. The topological polar surface area (TPSA) is 50.2 Å². The second-order valence-electron chi connectivity index (χ2n) is 5.37. The van der Waals surface area contributed by atoms with E-state index in [1.165, 1.54) is 0 Å². The molecule has 0 spiro atoms. The molecule has 0 saturated carbocycles. The molecule has 1 fully saturated rings. The summed E-state index contributed by atoms with van der Waals surface area (Å²) < 4.78 is 1.82. The van der Waals surface area contributed by atoms with E-state index in [0.29, 0.717) is 11.6 Å². The lowest BCUT2D eigenvalue weighted by Gasteiger charge is -2.29. The van der Waals surface area contributed by atoms with Gasteiger partial charge in [0.15, 0.2) is 0 Å². The lowest BCUT2D eigenvalue weighted by atomic mass is 9.97. The van der Waals surface area contributed by atoms with E-state index in [2.05, 4.69) is 17.2 Å². The van der Waals surface area contributed by atoms with E-state index in [1.807, 2.05) is 16.5 Å². The van der Waals surface area contributed by atoms with E-state index >= 15 is 0 Å². The third-order valence-corrected chi connectivity index (χ3v) is 3.64. The number of carbonyl (C=O) groups excluding carboxylic acids is 1. The summed E-state index contributed by atoms with van der Waals surface area (Å²) in [4.78, 5) is 18.6. The molecule has 0 atom stereocenters. The van der Waals surface area contributed by atoms with Gasteiger partial charge in [-0.05, 0) is 38.3 Å². The first kappa shape index (κ1) is 14.1. The Morgan fingerprint density at radius 1 is 1.53 bits per heavy atom. The molecular weight excluding hydrogens is 240 g/mol. The molecule has 0 radical (unpaired) electrons. The molecule has 0 aliphatic carbocycles. The Kier molecular flexibility index (Phi) is 4.96. The second kappa shape index (κ2) is 6.70. The van der Waals surface area contributed by atoms with Crippen LogP contribution in [0.25, 0.3) is 0 Å². The number of imidazole rings is 1. The fourth-order valence-corrected chi connectivity index (χ4v) is 2.61. The highest BCUT2D eigenvalue weighted by Crippen LogP contribution is 2.15. The number of nitrogens with zero attached hydrogens (tertiary/aromatic N) is 3. The molecule has 5 nitrogen and oxygen atoms in total. The van der Waals surface area contributed by atoms with Crippen molar-refractivity contribution in [1.82, 2.24) is 19.8 Å². The number of nitrogens with one attached hydrogen (secondary N) is 1. The van der Waals surface area contributed by atoms with Crippen LogP contribution in [0.1, 0.15) is 36.7 Å². The largest absolute Gasteiger partial charge is 0.340 e. The maximum absolute atomic E-state index is 12.5. The average Bonchev–Trinajstić information content (AvgIpc) is 2.85. The van der Waals surface area contributed by atoms with Crippen molar-refractivity contribution >= 4 is 5.91 Å². The lowest BCUT2D eigenvalue weighted by Crippen LogP contribution is -2.39. The molecule has 1 aromatic rings. The summed E-state index contributed by atoms with van der Waals surface area (Å²) in [6.45, 7) is 5.94. The van der Waals surface area contributed by atoms with Gasteiger partial charge in [-0.3, -0.25) is 4.79 Å². The van der Waals surface area contributed by atoms with Gasteiger partial charge >= 0.3 is 0 Å². The summed E-state index contributed by atoms with van der Waals surface area (Å²) in [7, 11) is 1.89. The maximum atomic E-state index is 12.5. The van der Waals surface area contributed by atoms with Crippen molar-refractivity contribution in [3.8, 4) is 0 Å². The zero-order valence-electron chi connectivity index (χ0n) is 11.9. The van der Waals surface area contributed by atoms with Crippen molar-refractivity contribution in [2.45, 2.75) is 26.2 Å². The minimum absolute atomic E-state index is 0.0704. The number of rotatable bonds is 5. The van der Waals surface area contributed by atoms with Crippen LogP contribution in [-0.2, 0) is 7.05 Å². The molecule has 19 heavy (non-hydrogen) atoms. The van der Waals surface area contributed by atoms with Crippen LogP contribution in [0.15, 0.2) is 12.5 Å². The van der Waals surface area contributed by atoms with Gasteiger partial charge in [0.05, 0.1) is 6.33 Å². The number of hydrogen-bond acceptors (Lipinski definition) is 3. The van der Waals surface area contributed by atoms with Crippen molar-refractivity contribution < 1.29 is 4.79 Å². The van der Waals surface area contributed by atoms with Gasteiger partial charge in [0, 0.05) is 26.3 Å². The summed E-state index contributed by atoms with van der Waals surface area (Å²) in [6.07, 6.45) is 6.80. The minimum atomic E-state index is 0.0704. The van der Waals surface area contributed by atoms with Crippen LogP contribution >= 0.6 is 0 Å². The second-order valence-corrected chi connectivity index (χ2v) is 5.37. The molecule has 2 rings (SSSR count). The van der Waals surface area contributed by atoms with Crippen molar-refractivity contribution in [2.24, 2.45) is 13.0 Å². The molecule has 1 aliphatic rings. The SMILES string of the molecule is CCCN(CC1CCNCC1)C(=O)c1cn(C)cn1. The fourth-order valence-electron chi connectivity index (χ4n) is 2.61. The van der Waals surface area contributed by atoms with E-state index in [-0.39, 0.29) is 5.91 Å². The molecule has 0 unspecified atom stereocenters. The predicted octanol–water partition coefficient (Wildman–Crippen LogP) is 1.27. The van der Waals surface area contributed by atoms with Crippen LogP contribution in [0.3, 0.4) is 0 Å².